The molecule has 1 aromatic carbocycles. The lowest BCUT2D eigenvalue weighted by molar-refractivity contribution is -0.145. The fraction of sp³-hybridized carbons (Fsp3) is 0.562. The van der Waals surface area contributed by atoms with Gasteiger partial charge in [0.1, 0.15) is 11.4 Å². The summed E-state index contributed by atoms with van der Waals surface area (Å²) in [5.74, 6) is -1.33. The standard InChI is InChI=1S/C16H21BrFNO2/c1-16(15(20)21,13-9-8-11(18)10-14(13)17)19-12-6-4-2-3-5-7-12/h8-10,12,19H,2-7H2,1H3,(H,20,21). The van der Waals surface area contributed by atoms with Gasteiger partial charge in [-0.1, -0.05) is 47.7 Å². The Balaban J connectivity index is 2.28. The first-order valence-corrected chi connectivity index (χ1v) is 8.19. The number of carboxylic acids is 1. The van der Waals surface area contributed by atoms with Gasteiger partial charge in [0.25, 0.3) is 0 Å². The van der Waals surface area contributed by atoms with Gasteiger partial charge in [0, 0.05) is 10.5 Å². The van der Waals surface area contributed by atoms with E-state index in [9.17, 15) is 14.3 Å². The summed E-state index contributed by atoms with van der Waals surface area (Å²) >= 11 is 3.29. The molecule has 2 rings (SSSR count). The number of hydrogen-bond donors (Lipinski definition) is 2. The molecule has 1 aromatic rings. The average molecular weight is 358 g/mol. The van der Waals surface area contributed by atoms with Crippen molar-refractivity contribution in [2.45, 2.75) is 57.0 Å². The molecule has 0 bridgehead atoms. The first-order valence-electron chi connectivity index (χ1n) is 7.40. The number of aliphatic carboxylic acids is 1. The minimum Gasteiger partial charge on any atom is -0.480 e. The van der Waals surface area contributed by atoms with Crippen LogP contribution in [0.2, 0.25) is 0 Å². The van der Waals surface area contributed by atoms with Crippen LogP contribution in [0.1, 0.15) is 51.0 Å². The molecule has 1 aliphatic rings. The second-order valence-electron chi connectivity index (χ2n) is 5.89. The quantitative estimate of drug-likeness (QED) is 0.793. The Morgan fingerprint density at radius 3 is 2.48 bits per heavy atom. The number of nitrogens with one attached hydrogen (secondary N) is 1. The smallest absolute Gasteiger partial charge is 0.328 e. The Morgan fingerprint density at radius 1 is 1.33 bits per heavy atom. The lowest BCUT2D eigenvalue weighted by Gasteiger charge is -2.32. The highest BCUT2D eigenvalue weighted by Gasteiger charge is 2.38. The van der Waals surface area contributed by atoms with E-state index in [0.29, 0.717) is 10.0 Å². The lowest BCUT2D eigenvalue weighted by atomic mass is 9.90. The average Bonchev–Trinajstić information content (AvgIpc) is 2.66. The van der Waals surface area contributed by atoms with Gasteiger partial charge in [-0.2, -0.15) is 0 Å². The van der Waals surface area contributed by atoms with Crippen LogP contribution in [0.15, 0.2) is 22.7 Å². The van der Waals surface area contributed by atoms with Gasteiger partial charge in [0.2, 0.25) is 0 Å². The van der Waals surface area contributed by atoms with Gasteiger partial charge in [-0.05, 0) is 37.5 Å². The third-order valence-electron chi connectivity index (χ3n) is 4.25. The van der Waals surface area contributed by atoms with E-state index in [-0.39, 0.29) is 11.9 Å². The second-order valence-corrected chi connectivity index (χ2v) is 6.74. The molecular weight excluding hydrogens is 337 g/mol. The van der Waals surface area contributed by atoms with E-state index in [1.54, 1.807) is 6.92 Å². The summed E-state index contributed by atoms with van der Waals surface area (Å²) in [6, 6.07) is 4.34. The molecule has 1 atom stereocenters. The van der Waals surface area contributed by atoms with Crippen LogP contribution >= 0.6 is 15.9 Å². The van der Waals surface area contributed by atoms with Crippen LogP contribution in [0.25, 0.3) is 0 Å². The second kappa shape index (κ2) is 6.88. The number of halogens is 2. The lowest BCUT2D eigenvalue weighted by Crippen LogP contribution is -2.51. The molecule has 0 aromatic heterocycles. The Labute approximate surface area is 133 Å². The molecule has 1 unspecified atom stereocenters. The molecule has 21 heavy (non-hydrogen) atoms. The van der Waals surface area contributed by atoms with Crippen LogP contribution in [0.4, 0.5) is 4.39 Å². The van der Waals surface area contributed by atoms with E-state index in [1.165, 1.54) is 31.0 Å². The van der Waals surface area contributed by atoms with Gasteiger partial charge < -0.3 is 5.11 Å². The molecule has 116 valence electrons. The summed E-state index contributed by atoms with van der Waals surface area (Å²) in [7, 11) is 0. The molecule has 0 heterocycles. The summed E-state index contributed by atoms with van der Waals surface area (Å²) in [6.07, 6.45) is 6.64. The van der Waals surface area contributed by atoms with Crippen molar-refractivity contribution in [3.05, 3.63) is 34.1 Å². The normalized spacial score (nSPS) is 19.8. The zero-order valence-electron chi connectivity index (χ0n) is 12.2. The fourth-order valence-electron chi connectivity index (χ4n) is 2.98. The van der Waals surface area contributed by atoms with Crippen LogP contribution in [0, 0.1) is 5.82 Å². The third-order valence-corrected chi connectivity index (χ3v) is 4.90. The number of carboxylic acid groups (broad SMARTS) is 1. The monoisotopic (exact) mass is 357 g/mol. The van der Waals surface area contributed by atoms with Gasteiger partial charge in [0.05, 0.1) is 0 Å². The van der Waals surface area contributed by atoms with E-state index in [1.807, 2.05) is 0 Å². The maximum atomic E-state index is 13.3. The molecule has 0 spiro atoms. The van der Waals surface area contributed by atoms with Crippen LogP contribution < -0.4 is 5.32 Å². The first kappa shape index (κ1) is 16.4. The first-order chi connectivity index (χ1) is 9.93. The highest BCUT2D eigenvalue weighted by Crippen LogP contribution is 2.31. The molecule has 0 radical (unpaired) electrons. The predicted octanol–water partition coefficient (Wildman–Crippen LogP) is 4.20. The molecular formula is C16H21BrFNO2. The van der Waals surface area contributed by atoms with Crippen LogP contribution in [0.5, 0.6) is 0 Å². The molecule has 1 fully saturated rings. The van der Waals surface area contributed by atoms with Crippen molar-refractivity contribution in [2.24, 2.45) is 0 Å². The topological polar surface area (TPSA) is 49.3 Å². The van der Waals surface area contributed by atoms with Crippen molar-refractivity contribution < 1.29 is 14.3 Å². The Kier molecular flexibility index (Phi) is 5.38. The van der Waals surface area contributed by atoms with Crippen LogP contribution in [-0.2, 0) is 10.3 Å². The van der Waals surface area contributed by atoms with Gasteiger partial charge in [-0.15, -0.1) is 0 Å². The largest absolute Gasteiger partial charge is 0.480 e. The van der Waals surface area contributed by atoms with Crippen molar-refractivity contribution >= 4 is 21.9 Å². The SMILES string of the molecule is CC(NC1CCCCCC1)(C(=O)O)c1ccc(F)cc1Br. The van der Waals surface area contributed by atoms with Crippen molar-refractivity contribution in [2.75, 3.05) is 0 Å². The van der Waals surface area contributed by atoms with Gasteiger partial charge in [-0.25, -0.2) is 9.18 Å². The van der Waals surface area contributed by atoms with Gasteiger partial charge in [-0.3, -0.25) is 5.32 Å². The maximum Gasteiger partial charge on any atom is 0.328 e. The number of rotatable bonds is 4. The molecule has 0 aliphatic heterocycles. The third kappa shape index (κ3) is 3.83. The molecule has 0 amide bonds. The summed E-state index contributed by atoms with van der Waals surface area (Å²) < 4.78 is 13.7. The number of hydrogen-bond acceptors (Lipinski definition) is 2. The van der Waals surface area contributed by atoms with Crippen LogP contribution in [-0.4, -0.2) is 17.1 Å². The number of carbonyl (C=O) groups is 1. The van der Waals surface area contributed by atoms with Crippen molar-refractivity contribution in [3.63, 3.8) is 0 Å². The highest BCUT2D eigenvalue weighted by molar-refractivity contribution is 9.10. The van der Waals surface area contributed by atoms with E-state index >= 15 is 0 Å². The summed E-state index contributed by atoms with van der Waals surface area (Å²) in [4.78, 5) is 11.8. The van der Waals surface area contributed by atoms with E-state index in [0.717, 1.165) is 25.7 Å². The summed E-state index contributed by atoms with van der Waals surface area (Å²) in [6.45, 7) is 1.65. The Hall–Kier alpha value is -0.940. The van der Waals surface area contributed by atoms with E-state index < -0.39 is 11.5 Å². The molecule has 0 saturated heterocycles. The minimum atomic E-state index is -1.22. The molecule has 5 heteroatoms. The fourth-order valence-corrected chi connectivity index (χ4v) is 3.73. The van der Waals surface area contributed by atoms with Crippen molar-refractivity contribution in [3.8, 4) is 0 Å². The molecule has 1 saturated carbocycles. The van der Waals surface area contributed by atoms with Crippen LogP contribution in [0.3, 0.4) is 0 Å². The van der Waals surface area contributed by atoms with Crippen molar-refractivity contribution in [1.29, 1.82) is 0 Å². The Morgan fingerprint density at radius 2 is 1.95 bits per heavy atom. The highest BCUT2D eigenvalue weighted by atomic mass is 79.9. The van der Waals surface area contributed by atoms with E-state index in [4.69, 9.17) is 0 Å². The molecule has 2 N–H and O–H groups in total. The zero-order chi connectivity index (χ0) is 15.5. The predicted molar refractivity (Wildman–Crippen MR) is 83.7 cm³/mol. The van der Waals surface area contributed by atoms with Crippen molar-refractivity contribution in [1.82, 2.24) is 5.32 Å². The summed E-state index contributed by atoms with van der Waals surface area (Å²) in [5, 5.41) is 13.0. The molecule has 3 nitrogen and oxygen atoms in total. The maximum absolute atomic E-state index is 13.3. The minimum absolute atomic E-state index is 0.186. The number of benzene rings is 1. The van der Waals surface area contributed by atoms with E-state index in [2.05, 4.69) is 21.2 Å². The van der Waals surface area contributed by atoms with Gasteiger partial charge in [0.15, 0.2) is 0 Å². The van der Waals surface area contributed by atoms with Gasteiger partial charge >= 0.3 is 5.97 Å². The summed E-state index contributed by atoms with van der Waals surface area (Å²) in [5.41, 5.74) is -0.665. The Bertz CT molecular complexity index is 515. The zero-order valence-corrected chi connectivity index (χ0v) is 13.7. The molecule has 1 aliphatic carbocycles.